The average molecular weight is 272 g/mol. The summed E-state index contributed by atoms with van der Waals surface area (Å²) in [4.78, 5) is 0. The van der Waals surface area contributed by atoms with Crippen molar-refractivity contribution < 1.29 is 13.2 Å². The number of hydrogen-bond donors (Lipinski definition) is 2. The van der Waals surface area contributed by atoms with Gasteiger partial charge in [0, 0.05) is 17.4 Å². The summed E-state index contributed by atoms with van der Waals surface area (Å²) in [5, 5.41) is 3.04. The Kier molecular flexibility index (Phi) is 3.92. The molecule has 2 nitrogen and oxygen atoms in total. The maximum atomic E-state index is 13.0. The fraction of sp³-hybridized carbons (Fsp3) is 0.571. The molecule has 1 saturated carbocycles. The summed E-state index contributed by atoms with van der Waals surface area (Å²) < 4.78 is 38.9. The molecule has 1 aromatic rings. The SMILES string of the molecule is CC1CCCC(Nc2ccc(N)cc2C(F)(F)F)C1. The molecule has 0 bridgehead atoms. The second-order valence-corrected chi connectivity index (χ2v) is 5.42. The van der Waals surface area contributed by atoms with E-state index in [0.717, 1.165) is 31.7 Å². The Bertz CT molecular complexity index is 443. The molecule has 1 aliphatic carbocycles. The molecule has 0 amide bonds. The number of benzene rings is 1. The first kappa shape index (κ1) is 14.0. The highest BCUT2D eigenvalue weighted by atomic mass is 19.4. The van der Waals surface area contributed by atoms with E-state index in [0.29, 0.717) is 5.92 Å². The molecule has 0 spiro atoms. The molecule has 0 saturated heterocycles. The van der Waals surface area contributed by atoms with Crippen molar-refractivity contribution in [1.82, 2.24) is 0 Å². The van der Waals surface area contributed by atoms with Crippen LogP contribution < -0.4 is 11.1 Å². The largest absolute Gasteiger partial charge is 0.418 e. The van der Waals surface area contributed by atoms with Crippen molar-refractivity contribution in [2.24, 2.45) is 5.92 Å². The van der Waals surface area contributed by atoms with Crippen molar-refractivity contribution in [2.45, 2.75) is 44.8 Å². The molecular formula is C14H19F3N2. The van der Waals surface area contributed by atoms with Gasteiger partial charge in [-0.25, -0.2) is 0 Å². The van der Waals surface area contributed by atoms with E-state index in [2.05, 4.69) is 12.2 Å². The number of rotatable bonds is 2. The molecule has 1 fully saturated rings. The van der Waals surface area contributed by atoms with Gasteiger partial charge in [-0.3, -0.25) is 0 Å². The lowest BCUT2D eigenvalue weighted by atomic mass is 9.87. The van der Waals surface area contributed by atoms with Gasteiger partial charge in [0.15, 0.2) is 0 Å². The predicted molar refractivity (Wildman–Crippen MR) is 70.9 cm³/mol. The van der Waals surface area contributed by atoms with E-state index in [1.807, 2.05) is 0 Å². The summed E-state index contributed by atoms with van der Waals surface area (Å²) in [5.74, 6) is 0.564. The molecule has 2 atom stereocenters. The maximum absolute atomic E-state index is 13.0. The normalized spacial score (nSPS) is 24.2. The van der Waals surface area contributed by atoms with Crippen molar-refractivity contribution in [3.05, 3.63) is 23.8 Å². The van der Waals surface area contributed by atoms with Gasteiger partial charge in [-0.05, 0) is 37.0 Å². The molecular weight excluding hydrogens is 253 g/mol. The molecule has 1 aliphatic rings. The monoisotopic (exact) mass is 272 g/mol. The van der Waals surface area contributed by atoms with Crippen LogP contribution in [0.1, 0.15) is 38.2 Å². The van der Waals surface area contributed by atoms with Crippen molar-refractivity contribution >= 4 is 11.4 Å². The van der Waals surface area contributed by atoms with Crippen LogP contribution in [0.5, 0.6) is 0 Å². The van der Waals surface area contributed by atoms with Crippen LogP contribution in [0, 0.1) is 5.92 Å². The van der Waals surface area contributed by atoms with Gasteiger partial charge in [-0.1, -0.05) is 19.8 Å². The lowest BCUT2D eigenvalue weighted by Crippen LogP contribution is -2.27. The lowest BCUT2D eigenvalue weighted by molar-refractivity contribution is -0.136. The standard InChI is InChI=1S/C14H19F3N2/c1-9-3-2-4-11(7-9)19-13-6-5-10(18)8-12(13)14(15,16)17/h5-6,8-9,11,19H,2-4,7,18H2,1H3. The zero-order valence-electron chi connectivity index (χ0n) is 10.9. The summed E-state index contributed by atoms with van der Waals surface area (Å²) in [7, 11) is 0. The maximum Gasteiger partial charge on any atom is 0.418 e. The van der Waals surface area contributed by atoms with E-state index in [4.69, 9.17) is 5.73 Å². The Morgan fingerprint density at radius 2 is 2.00 bits per heavy atom. The van der Waals surface area contributed by atoms with Crippen LogP contribution in [0.3, 0.4) is 0 Å². The van der Waals surface area contributed by atoms with E-state index in [-0.39, 0.29) is 17.4 Å². The number of hydrogen-bond acceptors (Lipinski definition) is 2. The van der Waals surface area contributed by atoms with Crippen LogP contribution in [0.15, 0.2) is 18.2 Å². The van der Waals surface area contributed by atoms with Gasteiger partial charge in [0.2, 0.25) is 0 Å². The quantitative estimate of drug-likeness (QED) is 0.789. The highest BCUT2D eigenvalue weighted by Crippen LogP contribution is 2.37. The lowest BCUT2D eigenvalue weighted by Gasteiger charge is -2.29. The molecule has 2 unspecified atom stereocenters. The van der Waals surface area contributed by atoms with Gasteiger partial charge in [0.05, 0.1) is 5.56 Å². The predicted octanol–water partition coefficient (Wildman–Crippen LogP) is 4.28. The second kappa shape index (κ2) is 5.31. The third-order valence-electron chi connectivity index (χ3n) is 3.65. The highest BCUT2D eigenvalue weighted by molar-refractivity contribution is 5.59. The number of alkyl halides is 3. The summed E-state index contributed by atoms with van der Waals surface area (Å²) in [6, 6.07) is 4.05. The fourth-order valence-corrected chi connectivity index (χ4v) is 2.71. The fourth-order valence-electron chi connectivity index (χ4n) is 2.71. The van der Waals surface area contributed by atoms with Gasteiger partial charge in [-0.15, -0.1) is 0 Å². The van der Waals surface area contributed by atoms with Crippen LogP contribution in [0.4, 0.5) is 24.5 Å². The summed E-state index contributed by atoms with van der Waals surface area (Å²) >= 11 is 0. The van der Waals surface area contributed by atoms with Gasteiger partial charge in [0.25, 0.3) is 0 Å². The zero-order valence-corrected chi connectivity index (χ0v) is 10.9. The Morgan fingerprint density at radius 1 is 1.26 bits per heavy atom. The smallest absolute Gasteiger partial charge is 0.399 e. The van der Waals surface area contributed by atoms with Gasteiger partial charge in [0.1, 0.15) is 0 Å². The van der Waals surface area contributed by atoms with E-state index in [1.165, 1.54) is 12.1 Å². The minimum absolute atomic E-state index is 0.119. The first-order valence-corrected chi connectivity index (χ1v) is 6.59. The first-order chi connectivity index (χ1) is 8.86. The molecule has 19 heavy (non-hydrogen) atoms. The molecule has 0 aromatic heterocycles. The number of nitrogen functional groups attached to an aromatic ring is 1. The molecule has 3 N–H and O–H groups in total. The van der Waals surface area contributed by atoms with Crippen molar-refractivity contribution in [2.75, 3.05) is 11.1 Å². The van der Waals surface area contributed by atoms with Crippen LogP contribution in [-0.2, 0) is 6.18 Å². The third kappa shape index (κ3) is 3.55. The number of halogens is 3. The zero-order chi connectivity index (χ0) is 14.0. The van der Waals surface area contributed by atoms with E-state index in [9.17, 15) is 13.2 Å². The Balaban J connectivity index is 2.20. The van der Waals surface area contributed by atoms with Crippen LogP contribution >= 0.6 is 0 Å². The minimum Gasteiger partial charge on any atom is -0.399 e. The Labute approximate surface area is 111 Å². The van der Waals surface area contributed by atoms with Crippen LogP contribution in [0.2, 0.25) is 0 Å². The molecule has 1 aromatic carbocycles. The van der Waals surface area contributed by atoms with Gasteiger partial charge >= 0.3 is 6.18 Å². The molecule has 2 rings (SSSR count). The minimum atomic E-state index is -4.38. The topological polar surface area (TPSA) is 38.0 Å². The molecule has 5 heteroatoms. The van der Waals surface area contributed by atoms with Crippen molar-refractivity contribution in [3.63, 3.8) is 0 Å². The first-order valence-electron chi connectivity index (χ1n) is 6.59. The van der Waals surface area contributed by atoms with Gasteiger partial charge < -0.3 is 11.1 Å². The summed E-state index contributed by atoms with van der Waals surface area (Å²) in [6.45, 7) is 2.14. The molecule has 106 valence electrons. The Morgan fingerprint density at radius 3 is 2.63 bits per heavy atom. The van der Waals surface area contributed by atoms with E-state index >= 15 is 0 Å². The number of anilines is 2. The Hall–Kier alpha value is -1.39. The number of nitrogens with one attached hydrogen (secondary N) is 1. The van der Waals surface area contributed by atoms with E-state index < -0.39 is 11.7 Å². The molecule has 0 aliphatic heterocycles. The van der Waals surface area contributed by atoms with Crippen molar-refractivity contribution in [1.29, 1.82) is 0 Å². The third-order valence-corrected chi connectivity index (χ3v) is 3.65. The molecule has 0 heterocycles. The highest BCUT2D eigenvalue weighted by Gasteiger charge is 2.34. The van der Waals surface area contributed by atoms with Crippen molar-refractivity contribution in [3.8, 4) is 0 Å². The van der Waals surface area contributed by atoms with Crippen LogP contribution in [0.25, 0.3) is 0 Å². The van der Waals surface area contributed by atoms with Crippen LogP contribution in [-0.4, -0.2) is 6.04 Å². The molecule has 0 radical (unpaired) electrons. The van der Waals surface area contributed by atoms with E-state index in [1.54, 1.807) is 0 Å². The average Bonchev–Trinajstić information content (AvgIpc) is 2.30. The number of nitrogens with two attached hydrogens (primary N) is 1. The summed E-state index contributed by atoms with van der Waals surface area (Å²) in [6.07, 6.45) is -0.313. The second-order valence-electron chi connectivity index (χ2n) is 5.42. The summed E-state index contributed by atoms with van der Waals surface area (Å²) in [5.41, 5.74) is 5.05. The van der Waals surface area contributed by atoms with Gasteiger partial charge in [-0.2, -0.15) is 13.2 Å².